The molecule has 0 N–H and O–H groups in total. The Morgan fingerprint density at radius 2 is 1.00 bits per heavy atom. The first kappa shape index (κ1) is 31.2. The van der Waals surface area contributed by atoms with Crippen LogP contribution in [0.15, 0.2) is 0 Å². The van der Waals surface area contributed by atoms with E-state index in [1.807, 2.05) is 0 Å². The summed E-state index contributed by atoms with van der Waals surface area (Å²) < 4.78 is 0. The van der Waals surface area contributed by atoms with Crippen LogP contribution in [-0.2, 0) is 50.6 Å². The van der Waals surface area contributed by atoms with E-state index in [9.17, 15) is 0 Å². The van der Waals surface area contributed by atoms with Crippen molar-refractivity contribution in [1.82, 2.24) is 0 Å². The van der Waals surface area contributed by atoms with Gasteiger partial charge in [-0.15, -0.1) is 0 Å². The van der Waals surface area contributed by atoms with Crippen LogP contribution in [0.5, 0.6) is 0 Å². The largest absolute Gasteiger partial charge is 0 e. The molecule has 0 saturated heterocycles. The van der Waals surface area contributed by atoms with Crippen LogP contribution < -0.4 is 0 Å². The van der Waals surface area contributed by atoms with Crippen molar-refractivity contribution in [2.24, 2.45) is 0 Å². The van der Waals surface area contributed by atoms with Crippen molar-refractivity contribution in [3.63, 3.8) is 0 Å². The van der Waals surface area contributed by atoms with Crippen LogP contribution >= 0.6 is 0 Å². The molecule has 0 spiro atoms. The van der Waals surface area contributed by atoms with Gasteiger partial charge in [0.2, 0.25) is 0 Å². The fourth-order valence-electron chi connectivity index (χ4n) is 0. The average molecular weight is 192 g/mol. The van der Waals surface area contributed by atoms with E-state index in [2.05, 4.69) is 0 Å². The average Bonchev–Trinajstić information content (AvgIpc) is 0. The summed E-state index contributed by atoms with van der Waals surface area (Å²) in [5, 5.41) is 0. The molecule has 0 fully saturated rings. The Kier molecular flexibility index (Phi) is 138. The molecule has 26 valence electrons. The summed E-state index contributed by atoms with van der Waals surface area (Å²) >= 11 is 0. The quantitative estimate of drug-likeness (QED) is 0.459. The molecule has 0 bridgehead atoms. The fourth-order valence-corrected chi connectivity index (χ4v) is 0. The summed E-state index contributed by atoms with van der Waals surface area (Å²) in [6.07, 6.45) is 0. The molecule has 0 saturated carbocycles. The Balaban J connectivity index is 0. The molecule has 0 nitrogen and oxygen atoms in total. The van der Waals surface area contributed by atoms with Crippen molar-refractivity contribution in [1.29, 1.82) is 0 Å². The molecule has 0 aliphatic rings. The van der Waals surface area contributed by atoms with E-state index in [-0.39, 0.29) is 80.2 Å². The van der Waals surface area contributed by atoms with Crippen molar-refractivity contribution >= 4 is 29.6 Å². The summed E-state index contributed by atoms with van der Waals surface area (Å²) in [7, 11) is 0. The van der Waals surface area contributed by atoms with Crippen molar-refractivity contribution in [2.75, 3.05) is 0 Å². The molecule has 0 unspecified atom stereocenters. The fraction of sp³-hybridized carbons (Fsp3) is 0. The van der Waals surface area contributed by atoms with Gasteiger partial charge in [0.15, 0.2) is 0 Å². The van der Waals surface area contributed by atoms with Crippen molar-refractivity contribution in [3.05, 3.63) is 0 Å². The van der Waals surface area contributed by atoms with Gasteiger partial charge >= 0.3 is 0 Å². The maximum Gasteiger partial charge on any atom is 0 e. The zero-order valence-corrected chi connectivity index (χ0v) is 7.32. The Morgan fingerprint density at radius 3 is 1.00 bits per heavy atom. The van der Waals surface area contributed by atoms with Crippen molar-refractivity contribution in [3.8, 4) is 0 Å². The third-order valence-corrected chi connectivity index (χ3v) is 0. The third-order valence-electron chi connectivity index (χ3n) is 0. The molecule has 4 heavy (non-hydrogen) atoms. The predicted molar refractivity (Wildman–Crippen MR) is 5.75 cm³/mol. The minimum absolute atomic E-state index is 0. The molecule has 0 amide bonds. The normalized spacial score (nSPS) is 0. The van der Waals surface area contributed by atoms with Gasteiger partial charge in [0.05, 0.1) is 0 Å². The van der Waals surface area contributed by atoms with Crippen LogP contribution in [0.25, 0.3) is 0 Å². The monoisotopic (exact) mass is 192 g/mol. The summed E-state index contributed by atoms with van der Waals surface area (Å²) in [6.45, 7) is 0. The predicted octanol–water partition coefficient (Wildman–Crippen LogP) is -0.388. The van der Waals surface area contributed by atoms with Gasteiger partial charge in [0, 0.05) is 80.2 Å². The molecular formula is FeMnNaNi. The smallest absolute Gasteiger partial charge is 0 e. The van der Waals surface area contributed by atoms with Gasteiger partial charge in [0.25, 0.3) is 0 Å². The van der Waals surface area contributed by atoms with Gasteiger partial charge in [-0.3, -0.25) is 0 Å². The first-order valence-corrected chi connectivity index (χ1v) is 0. The van der Waals surface area contributed by atoms with Gasteiger partial charge in [-0.1, -0.05) is 0 Å². The second-order valence-corrected chi connectivity index (χ2v) is 0. The van der Waals surface area contributed by atoms with E-state index in [0.29, 0.717) is 0 Å². The van der Waals surface area contributed by atoms with Crippen molar-refractivity contribution < 1.29 is 50.6 Å². The van der Waals surface area contributed by atoms with Crippen molar-refractivity contribution in [2.45, 2.75) is 0 Å². The molecular weight excluding hydrogens is 192 g/mol. The minimum Gasteiger partial charge on any atom is 0 e. The molecule has 0 aromatic heterocycles. The summed E-state index contributed by atoms with van der Waals surface area (Å²) in [4.78, 5) is 0. The van der Waals surface area contributed by atoms with Gasteiger partial charge in [-0.25, -0.2) is 0 Å². The van der Waals surface area contributed by atoms with E-state index in [4.69, 9.17) is 0 Å². The number of rotatable bonds is 0. The number of hydrogen-bond acceptors (Lipinski definition) is 0. The number of hydrogen-bond donors (Lipinski definition) is 0. The van der Waals surface area contributed by atoms with Crippen LogP contribution in [0, 0.1) is 0 Å². The van der Waals surface area contributed by atoms with Crippen LogP contribution in [0.3, 0.4) is 0 Å². The van der Waals surface area contributed by atoms with E-state index >= 15 is 0 Å². The summed E-state index contributed by atoms with van der Waals surface area (Å²) in [6, 6.07) is 0. The molecule has 4 heteroatoms. The molecule has 0 atom stereocenters. The van der Waals surface area contributed by atoms with E-state index < -0.39 is 0 Å². The molecule has 0 heterocycles. The van der Waals surface area contributed by atoms with Crippen LogP contribution in [0.2, 0.25) is 0 Å². The Labute approximate surface area is 79.0 Å². The van der Waals surface area contributed by atoms with Gasteiger partial charge < -0.3 is 0 Å². The standard InChI is InChI=1S/Fe.Mn.Na.Ni. The minimum atomic E-state index is 0. The zero-order chi connectivity index (χ0) is 0. The second kappa shape index (κ2) is 17.7. The van der Waals surface area contributed by atoms with Gasteiger partial charge in [0.1, 0.15) is 0 Å². The van der Waals surface area contributed by atoms with Crippen LogP contribution in [0.1, 0.15) is 0 Å². The van der Waals surface area contributed by atoms with E-state index in [1.165, 1.54) is 0 Å². The van der Waals surface area contributed by atoms with E-state index in [0.717, 1.165) is 0 Å². The summed E-state index contributed by atoms with van der Waals surface area (Å²) in [5.74, 6) is 0. The third kappa shape index (κ3) is 8.82. The van der Waals surface area contributed by atoms with Crippen LogP contribution in [-0.4, -0.2) is 29.6 Å². The Bertz CT molecular complexity index is 8.00. The molecule has 0 aliphatic heterocycles. The second-order valence-electron chi connectivity index (χ2n) is 0. The Hall–Kier alpha value is 2.53. The van der Waals surface area contributed by atoms with Gasteiger partial charge in [-0.05, 0) is 0 Å². The molecule has 2 radical (unpaired) electrons. The zero-order valence-electron chi connectivity index (χ0n) is 2.05. The molecule has 0 aliphatic carbocycles. The molecule has 0 aromatic carbocycles. The summed E-state index contributed by atoms with van der Waals surface area (Å²) in [5.41, 5.74) is 0. The SMILES string of the molecule is [Fe].[Mn].[Na].[Ni]. The Morgan fingerprint density at radius 1 is 1.00 bits per heavy atom. The van der Waals surface area contributed by atoms with E-state index in [1.54, 1.807) is 0 Å². The first-order chi connectivity index (χ1) is 0. The first-order valence-electron chi connectivity index (χ1n) is 0. The molecule has 0 aromatic rings. The van der Waals surface area contributed by atoms with Gasteiger partial charge in [-0.2, -0.15) is 0 Å². The van der Waals surface area contributed by atoms with Crippen LogP contribution in [0.4, 0.5) is 0 Å². The molecule has 0 rings (SSSR count). The maximum atomic E-state index is 0. The topological polar surface area (TPSA) is 0 Å². The maximum absolute atomic E-state index is 0.